The third kappa shape index (κ3) is 4.56. The Morgan fingerprint density at radius 1 is 1.32 bits per heavy atom. The Balaban J connectivity index is 2.80. The molecule has 0 spiro atoms. The molecule has 0 heterocycles. The fourth-order valence-electron chi connectivity index (χ4n) is 1.68. The van der Waals surface area contributed by atoms with E-state index >= 15 is 0 Å². The van der Waals surface area contributed by atoms with Crippen molar-refractivity contribution in [1.82, 2.24) is 0 Å². The normalized spacial score (nSPS) is 10.1. The van der Waals surface area contributed by atoms with Crippen LogP contribution in [0.3, 0.4) is 0 Å². The van der Waals surface area contributed by atoms with Crippen LogP contribution in [0.15, 0.2) is 18.2 Å². The van der Waals surface area contributed by atoms with Gasteiger partial charge in [0, 0.05) is 12.3 Å². The minimum Gasteiger partial charge on any atom is -0.466 e. The summed E-state index contributed by atoms with van der Waals surface area (Å²) in [6.45, 7) is 2.14. The van der Waals surface area contributed by atoms with Crippen LogP contribution >= 0.6 is 11.6 Å². The Kier molecular flexibility index (Phi) is 6.36. The highest BCUT2D eigenvalue weighted by atomic mass is 35.5. The van der Waals surface area contributed by atoms with Gasteiger partial charge in [-0.2, -0.15) is 0 Å². The Bertz CT molecular complexity index is 457. The first-order valence-electron chi connectivity index (χ1n) is 6.04. The van der Waals surface area contributed by atoms with E-state index < -0.39 is 5.97 Å². The lowest BCUT2D eigenvalue weighted by molar-refractivity contribution is -0.143. The molecular weight excluding hydrogens is 268 g/mol. The topological polar surface area (TPSA) is 52.6 Å². The summed E-state index contributed by atoms with van der Waals surface area (Å²) >= 11 is 5.77. The van der Waals surface area contributed by atoms with Crippen molar-refractivity contribution in [1.29, 1.82) is 0 Å². The molecule has 0 bridgehead atoms. The molecule has 4 nitrogen and oxygen atoms in total. The van der Waals surface area contributed by atoms with E-state index in [-0.39, 0.29) is 18.3 Å². The molecule has 0 fully saturated rings. The van der Waals surface area contributed by atoms with Gasteiger partial charge < -0.3 is 9.47 Å². The summed E-state index contributed by atoms with van der Waals surface area (Å²) in [4.78, 5) is 22.9. The molecule has 1 rings (SSSR count). The first-order valence-corrected chi connectivity index (χ1v) is 6.57. The van der Waals surface area contributed by atoms with Crippen LogP contribution in [0.1, 0.15) is 34.8 Å². The standard InChI is InChI=1S/C14H17ClO4/c1-3-19-13(16)7-5-10-4-6-11(9-15)12(8-10)14(17)18-2/h4,6,8H,3,5,7,9H2,1-2H3. The molecule has 0 unspecified atom stereocenters. The maximum Gasteiger partial charge on any atom is 0.338 e. The summed E-state index contributed by atoms with van der Waals surface area (Å²) in [5.74, 6) is -0.431. The van der Waals surface area contributed by atoms with E-state index in [1.807, 2.05) is 6.07 Å². The van der Waals surface area contributed by atoms with Crippen LogP contribution in [0.25, 0.3) is 0 Å². The molecule has 0 aliphatic carbocycles. The summed E-state index contributed by atoms with van der Waals surface area (Å²) in [5, 5.41) is 0. The maximum absolute atomic E-state index is 11.6. The molecule has 0 saturated heterocycles. The summed E-state index contributed by atoms with van der Waals surface area (Å²) in [6.07, 6.45) is 0.806. The Morgan fingerprint density at radius 2 is 2.05 bits per heavy atom. The molecule has 0 aliphatic rings. The van der Waals surface area contributed by atoms with Crippen LogP contribution < -0.4 is 0 Å². The second-order valence-corrected chi connectivity index (χ2v) is 4.19. The van der Waals surface area contributed by atoms with Gasteiger partial charge in [0.2, 0.25) is 0 Å². The lowest BCUT2D eigenvalue weighted by Crippen LogP contribution is -2.08. The monoisotopic (exact) mass is 284 g/mol. The van der Waals surface area contributed by atoms with Crippen LogP contribution in [0, 0.1) is 0 Å². The predicted molar refractivity (Wildman–Crippen MR) is 72.3 cm³/mol. The average molecular weight is 285 g/mol. The van der Waals surface area contributed by atoms with Crippen molar-refractivity contribution >= 4 is 23.5 Å². The molecule has 0 atom stereocenters. The smallest absolute Gasteiger partial charge is 0.338 e. The zero-order chi connectivity index (χ0) is 14.3. The van der Waals surface area contributed by atoms with E-state index in [9.17, 15) is 9.59 Å². The van der Waals surface area contributed by atoms with Crippen molar-refractivity contribution < 1.29 is 19.1 Å². The van der Waals surface area contributed by atoms with Gasteiger partial charge in [0.1, 0.15) is 0 Å². The average Bonchev–Trinajstić information content (AvgIpc) is 2.44. The Labute approximate surface area is 117 Å². The second kappa shape index (κ2) is 7.79. The molecule has 1 aromatic rings. The molecule has 0 amide bonds. The highest BCUT2D eigenvalue weighted by Gasteiger charge is 2.12. The largest absolute Gasteiger partial charge is 0.466 e. The molecule has 0 radical (unpaired) electrons. The van der Waals surface area contributed by atoms with E-state index in [1.165, 1.54) is 7.11 Å². The number of methoxy groups -OCH3 is 1. The quantitative estimate of drug-likeness (QED) is 0.595. The number of esters is 2. The maximum atomic E-state index is 11.6. The van der Waals surface area contributed by atoms with E-state index in [2.05, 4.69) is 0 Å². The minimum absolute atomic E-state index is 0.239. The highest BCUT2D eigenvalue weighted by Crippen LogP contribution is 2.17. The molecule has 104 valence electrons. The molecule has 0 N–H and O–H groups in total. The minimum atomic E-state index is -0.423. The number of ether oxygens (including phenoxy) is 2. The zero-order valence-corrected chi connectivity index (χ0v) is 11.8. The number of aryl methyl sites for hydroxylation is 1. The van der Waals surface area contributed by atoms with Gasteiger partial charge in [0.15, 0.2) is 0 Å². The van der Waals surface area contributed by atoms with Gasteiger partial charge in [-0.3, -0.25) is 4.79 Å². The summed E-state index contributed by atoms with van der Waals surface area (Å²) < 4.78 is 9.56. The van der Waals surface area contributed by atoms with E-state index in [4.69, 9.17) is 21.1 Å². The van der Waals surface area contributed by atoms with Gasteiger partial charge >= 0.3 is 11.9 Å². The SMILES string of the molecule is CCOC(=O)CCc1ccc(CCl)c(C(=O)OC)c1. The molecule has 1 aromatic carbocycles. The zero-order valence-electron chi connectivity index (χ0n) is 11.1. The van der Waals surface area contributed by atoms with Crippen molar-refractivity contribution in [2.75, 3.05) is 13.7 Å². The van der Waals surface area contributed by atoms with E-state index in [0.29, 0.717) is 24.2 Å². The van der Waals surface area contributed by atoms with E-state index in [1.54, 1.807) is 19.1 Å². The van der Waals surface area contributed by atoms with Crippen LogP contribution in [0.2, 0.25) is 0 Å². The molecular formula is C14H17ClO4. The third-order valence-electron chi connectivity index (χ3n) is 2.65. The molecule has 5 heteroatoms. The predicted octanol–water partition coefficient (Wildman–Crippen LogP) is 2.71. The fourth-order valence-corrected chi connectivity index (χ4v) is 1.91. The number of carbonyl (C=O) groups is 2. The van der Waals surface area contributed by atoms with Gasteiger partial charge in [-0.05, 0) is 30.5 Å². The highest BCUT2D eigenvalue weighted by molar-refractivity contribution is 6.17. The number of benzene rings is 1. The number of rotatable bonds is 6. The Hall–Kier alpha value is -1.55. The van der Waals surface area contributed by atoms with Crippen molar-refractivity contribution in [3.8, 4) is 0 Å². The number of hydrogen-bond donors (Lipinski definition) is 0. The van der Waals surface area contributed by atoms with Crippen LogP contribution in [-0.2, 0) is 26.6 Å². The van der Waals surface area contributed by atoms with E-state index in [0.717, 1.165) is 5.56 Å². The second-order valence-electron chi connectivity index (χ2n) is 3.92. The fraction of sp³-hybridized carbons (Fsp3) is 0.429. The first kappa shape index (κ1) is 15.5. The number of hydrogen-bond acceptors (Lipinski definition) is 4. The van der Waals surface area contributed by atoms with Crippen molar-refractivity contribution in [2.24, 2.45) is 0 Å². The molecule has 0 saturated carbocycles. The van der Waals surface area contributed by atoms with Gasteiger partial charge in [-0.25, -0.2) is 4.79 Å². The summed E-state index contributed by atoms with van der Waals surface area (Å²) in [7, 11) is 1.33. The number of alkyl halides is 1. The van der Waals surface area contributed by atoms with Gasteiger partial charge in [-0.1, -0.05) is 12.1 Å². The van der Waals surface area contributed by atoms with Crippen molar-refractivity contribution in [3.63, 3.8) is 0 Å². The third-order valence-corrected chi connectivity index (χ3v) is 2.93. The summed E-state index contributed by atoms with van der Waals surface area (Å²) in [6, 6.07) is 5.34. The summed E-state index contributed by atoms with van der Waals surface area (Å²) in [5.41, 5.74) is 2.04. The van der Waals surface area contributed by atoms with Crippen LogP contribution in [-0.4, -0.2) is 25.7 Å². The Morgan fingerprint density at radius 3 is 2.63 bits per heavy atom. The van der Waals surface area contributed by atoms with Crippen molar-refractivity contribution in [2.45, 2.75) is 25.6 Å². The lowest BCUT2D eigenvalue weighted by Gasteiger charge is -2.08. The first-order chi connectivity index (χ1) is 9.12. The van der Waals surface area contributed by atoms with Gasteiger partial charge in [-0.15, -0.1) is 11.6 Å². The number of carbonyl (C=O) groups excluding carboxylic acids is 2. The van der Waals surface area contributed by atoms with Gasteiger partial charge in [0.05, 0.1) is 19.3 Å². The van der Waals surface area contributed by atoms with Crippen LogP contribution in [0.4, 0.5) is 0 Å². The van der Waals surface area contributed by atoms with Gasteiger partial charge in [0.25, 0.3) is 0 Å². The number of halogens is 1. The molecule has 0 aromatic heterocycles. The molecule has 19 heavy (non-hydrogen) atoms. The molecule has 0 aliphatic heterocycles. The van der Waals surface area contributed by atoms with Crippen LogP contribution in [0.5, 0.6) is 0 Å². The lowest BCUT2D eigenvalue weighted by atomic mass is 10.0. The van der Waals surface area contributed by atoms with Crippen molar-refractivity contribution in [3.05, 3.63) is 34.9 Å².